The highest BCUT2D eigenvalue weighted by molar-refractivity contribution is 7.99. The quantitative estimate of drug-likeness (QED) is 0.486. The van der Waals surface area contributed by atoms with Gasteiger partial charge in [-0.05, 0) is 42.3 Å². The van der Waals surface area contributed by atoms with E-state index in [0.29, 0.717) is 60.6 Å². The van der Waals surface area contributed by atoms with Gasteiger partial charge >= 0.3 is 6.18 Å². The molecule has 0 radical (unpaired) electrons. The molecule has 1 saturated heterocycles. The first-order chi connectivity index (χ1) is 13.2. The molecule has 1 fully saturated rings. The zero-order valence-electron chi connectivity index (χ0n) is 15.4. The first kappa shape index (κ1) is 20.9. The fourth-order valence-corrected chi connectivity index (χ4v) is 4.00. The van der Waals surface area contributed by atoms with Gasteiger partial charge < -0.3 is 4.90 Å². The molecule has 28 heavy (non-hydrogen) atoms. The molecule has 0 N–H and O–H groups in total. The minimum absolute atomic E-state index is 0.275. The molecule has 0 spiro atoms. The first-order valence-corrected chi connectivity index (χ1v) is 9.91. The van der Waals surface area contributed by atoms with Crippen molar-refractivity contribution in [1.29, 1.82) is 0 Å². The van der Waals surface area contributed by atoms with Crippen molar-refractivity contribution in [3.8, 4) is 0 Å². The van der Waals surface area contributed by atoms with Crippen molar-refractivity contribution in [3.63, 3.8) is 0 Å². The number of halogens is 5. The number of benzene rings is 2. The molecular weight excluding hydrogens is 395 g/mol. The molecule has 1 heterocycles. The number of anilines is 1. The summed E-state index contributed by atoms with van der Waals surface area (Å²) in [6.07, 6.45) is -4.27. The zero-order chi connectivity index (χ0) is 20.3. The van der Waals surface area contributed by atoms with E-state index in [1.165, 1.54) is 24.3 Å². The number of rotatable bonds is 5. The van der Waals surface area contributed by atoms with E-state index in [4.69, 9.17) is 0 Å². The Morgan fingerprint density at radius 2 is 1.61 bits per heavy atom. The maximum absolute atomic E-state index is 14.4. The Bertz CT molecular complexity index is 799. The average Bonchev–Trinajstić information content (AvgIpc) is 2.63. The van der Waals surface area contributed by atoms with E-state index in [-0.39, 0.29) is 5.82 Å². The summed E-state index contributed by atoms with van der Waals surface area (Å²) in [4.78, 5) is 4.50. The standard InChI is InChI=1S/C20H21F5N2S/c1-14-10-17(22)18(11-19(14)28-13-20(23,24)25)27-8-6-26(7-9-27)12-15-2-4-16(21)5-3-15/h2-5,10-11H,6-9,12-13H2,1H3. The van der Waals surface area contributed by atoms with Crippen LogP contribution < -0.4 is 4.90 Å². The summed E-state index contributed by atoms with van der Waals surface area (Å²) in [5, 5.41) is 0. The first-order valence-electron chi connectivity index (χ1n) is 8.93. The van der Waals surface area contributed by atoms with Gasteiger partial charge in [0.1, 0.15) is 11.6 Å². The van der Waals surface area contributed by atoms with Crippen molar-refractivity contribution < 1.29 is 22.0 Å². The molecule has 0 unspecified atom stereocenters. The number of alkyl halides is 3. The third kappa shape index (κ3) is 5.61. The van der Waals surface area contributed by atoms with E-state index in [0.717, 1.165) is 5.56 Å². The predicted octanol–water partition coefficient (Wildman–Crippen LogP) is 5.25. The Morgan fingerprint density at radius 1 is 0.964 bits per heavy atom. The Labute approximate surface area is 165 Å². The third-order valence-electron chi connectivity index (χ3n) is 4.67. The molecule has 8 heteroatoms. The van der Waals surface area contributed by atoms with Gasteiger partial charge in [-0.15, -0.1) is 11.8 Å². The van der Waals surface area contributed by atoms with E-state index in [1.807, 2.05) is 4.90 Å². The number of aryl methyl sites for hydroxylation is 1. The van der Waals surface area contributed by atoms with Crippen LogP contribution in [0.25, 0.3) is 0 Å². The van der Waals surface area contributed by atoms with Gasteiger partial charge in [0.05, 0.1) is 11.4 Å². The Kier molecular flexibility index (Phi) is 6.50. The summed E-state index contributed by atoms with van der Waals surface area (Å²) in [6.45, 7) is 4.82. The number of piperazine rings is 1. The van der Waals surface area contributed by atoms with Gasteiger partial charge in [-0.25, -0.2) is 8.78 Å². The molecule has 0 amide bonds. The second kappa shape index (κ2) is 8.69. The summed E-state index contributed by atoms with van der Waals surface area (Å²) >= 11 is 0.685. The van der Waals surface area contributed by atoms with Crippen LogP contribution in [0.4, 0.5) is 27.6 Å². The SMILES string of the molecule is Cc1cc(F)c(N2CCN(Cc3ccc(F)cc3)CC2)cc1SCC(F)(F)F. The molecule has 3 rings (SSSR count). The molecule has 152 valence electrons. The number of thioether (sulfide) groups is 1. The minimum atomic E-state index is -4.27. The summed E-state index contributed by atoms with van der Waals surface area (Å²) < 4.78 is 65.0. The van der Waals surface area contributed by atoms with Crippen molar-refractivity contribution in [3.05, 3.63) is 59.2 Å². The van der Waals surface area contributed by atoms with Crippen LogP contribution in [0.15, 0.2) is 41.3 Å². The Hall–Kier alpha value is -1.80. The molecule has 0 saturated carbocycles. The van der Waals surface area contributed by atoms with Crippen LogP contribution in [0.1, 0.15) is 11.1 Å². The second-order valence-electron chi connectivity index (χ2n) is 6.86. The van der Waals surface area contributed by atoms with E-state index >= 15 is 0 Å². The largest absolute Gasteiger partial charge is 0.398 e. The van der Waals surface area contributed by atoms with Gasteiger partial charge in [-0.2, -0.15) is 13.2 Å². The van der Waals surface area contributed by atoms with Crippen molar-refractivity contribution >= 4 is 17.4 Å². The van der Waals surface area contributed by atoms with Gasteiger partial charge in [0.25, 0.3) is 0 Å². The highest BCUT2D eigenvalue weighted by Crippen LogP contribution is 2.34. The molecule has 2 aromatic rings. The van der Waals surface area contributed by atoms with Crippen molar-refractivity contribution in [2.24, 2.45) is 0 Å². The van der Waals surface area contributed by atoms with E-state index in [1.54, 1.807) is 19.1 Å². The van der Waals surface area contributed by atoms with Gasteiger partial charge in [-0.3, -0.25) is 4.90 Å². The van der Waals surface area contributed by atoms with Gasteiger partial charge in [-0.1, -0.05) is 12.1 Å². The summed E-state index contributed by atoms with van der Waals surface area (Å²) in [6, 6.07) is 9.16. The molecule has 2 nitrogen and oxygen atoms in total. The lowest BCUT2D eigenvalue weighted by Gasteiger charge is -2.36. The number of hydrogen-bond donors (Lipinski definition) is 0. The lowest BCUT2D eigenvalue weighted by molar-refractivity contribution is -0.105. The zero-order valence-corrected chi connectivity index (χ0v) is 16.2. The van der Waals surface area contributed by atoms with Crippen LogP contribution in [0.5, 0.6) is 0 Å². The normalized spacial score (nSPS) is 15.9. The maximum Gasteiger partial charge on any atom is 0.398 e. The van der Waals surface area contributed by atoms with Crippen LogP contribution in [0.2, 0.25) is 0 Å². The van der Waals surface area contributed by atoms with Crippen LogP contribution in [0.3, 0.4) is 0 Å². The summed E-state index contributed by atoms with van der Waals surface area (Å²) in [7, 11) is 0. The number of hydrogen-bond acceptors (Lipinski definition) is 3. The van der Waals surface area contributed by atoms with Crippen LogP contribution in [0, 0.1) is 18.6 Å². The van der Waals surface area contributed by atoms with Crippen LogP contribution in [-0.4, -0.2) is 43.0 Å². The number of nitrogens with zero attached hydrogens (tertiary/aromatic N) is 2. The molecule has 1 aliphatic rings. The average molecular weight is 416 g/mol. The lowest BCUT2D eigenvalue weighted by atomic mass is 10.1. The molecule has 0 aliphatic carbocycles. The highest BCUT2D eigenvalue weighted by atomic mass is 32.2. The second-order valence-corrected chi connectivity index (χ2v) is 7.88. The molecule has 1 aliphatic heterocycles. The monoisotopic (exact) mass is 416 g/mol. The van der Waals surface area contributed by atoms with Gasteiger partial charge in [0, 0.05) is 37.6 Å². The topological polar surface area (TPSA) is 6.48 Å². The smallest absolute Gasteiger partial charge is 0.367 e. The summed E-state index contributed by atoms with van der Waals surface area (Å²) in [5.41, 5.74) is 1.85. The molecule has 0 aromatic heterocycles. The van der Waals surface area contributed by atoms with E-state index < -0.39 is 17.7 Å². The fraction of sp³-hybridized carbons (Fsp3) is 0.400. The minimum Gasteiger partial charge on any atom is -0.367 e. The Morgan fingerprint density at radius 3 is 2.21 bits per heavy atom. The molecular formula is C20H21F5N2S. The predicted molar refractivity (Wildman–Crippen MR) is 102 cm³/mol. The van der Waals surface area contributed by atoms with Crippen molar-refractivity contribution in [1.82, 2.24) is 4.90 Å². The van der Waals surface area contributed by atoms with Crippen molar-refractivity contribution in [2.45, 2.75) is 24.5 Å². The van der Waals surface area contributed by atoms with Gasteiger partial charge in [0.2, 0.25) is 0 Å². The van der Waals surface area contributed by atoms with Crippen LogP contribution >= 0.6 is 11.8 Å². The highest BCUT2D eigenvalue weighted by Gasteiger charge is 2.28. The molecule has 2 aromatic carbocycles. The third-order valence-corrected chi connectivity index (χ3v) is 5.89. The summed E-state index contributed by atoms with van der Waals surface area (Å²) in [5.74, 6) is -1.69. The lowest BCUT2D eigenvalue weighted by Crippen LogP contribution is -2.46. The van der Waals surface area contributed by atoms with Crippen molar-refractivity contribution in [2.75, 3.05) is 36.8 Å². The van der Waals surface area contributed by atoms with Crippen LogP contribution in [-0.2, 0) is 6.54 Å². The fourth-order valence-electron chi connectivity index (χ4n) is 3.19. The molecule has 0 atom stereocenters. The van der Waals surface area contributed by atoms with E-state index in [9.17, 15) is 22.0 Å². The van der Waals surface area contributed by atoms with E-state index in [2.05, 4.69) is 4.90 Å². The van der Waals surface area contributed by atoms with Gasteiger partial charge in [0.15, 0.2) is 0 Å². The Balaban J connectivity index is 1.63. The maximum atomic E-state index is 14.4. The molecule has 0 bridgehead atoms.